The highest BCUT2D eigenvalue weighted by Crippen LogP contribution is 2.32. The summed E-state index contributed by atoms with van der Waals surface area (Å²) in [6, 6.07) is 7.09. The zero-order valence-electron chi connectivity index (χ0n) is 15.2. The first kappa shape index (κ1) is 19.8. The molecule has 9 heteroatoms. The van der Waals surface area contributed by atoms with E-state index in [1.165, 1.54) is 0 Å². The van der Waals surface area contributed by atoms with Crippen molar-refractivity contribution in [2.45, 2.75) is 17.9 Å². The lowest BCUT2D eigenvalue weighted by Crippen LogP contribution is -2.49. The van der Waals surface area contributed by atoms with E-state index in [0.717, 1.165) is 11.2 Å². The summed E-state index contributed by atoms with van der Waals surface area (Å²) in [5, 5.41) is 4.10. The van der Waals surface area contributed by atoms with Gasteiger partial charge in [-0.25, -0.2) is 13.4 Å². The van der Waals surface area contributed by atoms with Crippen molar-refractivity contribution in [2.24, 2.45) is 7.05 Å². The molecule has 0 radical (unpaired) electrons. The third kappa shape index (κ3) is 3.34. The van der Waals surface area contributed by atoms with Gasteiger partial charge in [0.1, 0.15) is 10.7 Å². The smallest absolute Gasteiger partial charge is 0.246 e. The van der Waals surface area contributed by atoms with E-state index in [1.54, 1.807) is 16.7 Å². The van der Waals surface area contributed by atoms with Gasteiger partial charge in [0.25, 0.3) is 0 Å². The molecule has 1 aliphatic rings. The van der Waals surface area contributed by atoms with Gasteiger partial charge in [-0.1, -0.05) is 18.2 Å². The summed E-state index contributed by atoms with van der Waals surface area (Å²) in [6.07, 6.45) is 5.16. The van der Waals surface area contributed by atoms with E-state index < -0.39 is 10.0 Å². The number of rotatable bonds is 3. The Morgan fingerprint density at radius 2 is 2.00 bits per heavy atom. The first-order chi connectivity index (χ1) is 12.5. The Kier molecular flexibility index (Phi) is 5.53. The highest BCUT2D eigenvalue weighted by atomic mass is 35.5. The fourth-order valence-corrected chi connectivity index (χ4v) is 5.51. The summed E-state index contributed by atoms with van der Waals surface area (Å²) in [7, 11) is -1.85. The van der Waals surface area contributed by atoms with Crippen molar-refractivity contribution in [1.29, 1.82) is 0 Å². The molecule has 4 rings (SSSR count). The van der Waals surface area contributed by atoms with E-state index in [-0.39, 0.29) is 23.3 Å². The van der Waals surface area contributed by atoms with Gasteiger partial charge in [-0.05, 0) is 18.6 Å². The summed E-state index contributed by atoms with van der Waals surface area (Å²) >= 11 is 0. The van der Waals surface area contributed by atoms with Gasteiger partial charge in [-0.2, -0.15) is 4.31 Å². The molecular weight excluding hydrogens is 386 g/mol. The zero-order valence-corrected chi connectivity index (χ0v) is 16.8. The molecule has 3 aromatic rings. The molecule has 7 nitrogen and oxygen atoms in total. The van der Waals surface area contributed by atoms with Crippen LogP contribution in [0.2, 0.25) is 0 Å². The normalized spacial score (nSPS) is 18.4. The van der Waals surface area contributed by atoms with Crippen LogP contribution in [0.15, 0.2) is 47.8 Å². The molecule has 1 atom stereocenters. The van der Waals surface area contributed by atoms with Crippen LogP contribution in [-0.2, 0) is 17.1 Å². The molecule has 2 aromatic heterocycles. The maximum atomic E-state index is 13.7. The van der Waals surface area contributed by atoms with Crippen LogP contribution in [0, 0.1) is 6.92 Å². The van der Waals surface area contributed by atoms with E-state index in [4.69, 9.17) is 0 Å². The van der Waals surface area contributed by atoms with Crippen molar-refractivity contribution < 1.29 is 8.42 Å². The number of nitrogens with zero attached hydrogens (tertiary/aromatic N) is 4. The molecule has 1 fully saturated rings. The molecule has 1 aromatic carbocycles. The number of aryl methyl sites for hydroxylation is 2. The molecule has 0 saturated carbocycles. The molecule has 1 N–H and O–H groups in total. The lowest BCUT2D eigenvalue weighted by Gasteiger charge is -2.35. The molecule has 1 unspecified atom stereocenters. The van der Waals surface area contributed by atoms with E-state index in [9.17, 15) is 8.42 Å². The van der Waals surface area contributed by atoms with Gasteiger partial charge < -0.3 is 9.88 Å². The Hall–Kier alpha value is -2.00. The van der Waals surface area contributed by atoms with Crippen molar-refractivity contribution in [2.75, 3.05) is 19.6 Å². The molecule has 0 spiro atoms. The predicted molar refractivity (Wildman–Crippen MR) is 106 cm³/mol. The average molecular weight is 408 g/mol. The van der Waals surface area contributed by atoms with Crippen LogP contribution in [0.25, 0.3) is 10.9 Å². The third-order valence-corrected chi connectivity index (χ3v) is 6.93. The number of hydrogen-bond acceptors (Lipinski definition) is 5. The van der Waals surface area contributed by atoms with Gasteiger partial charge in [-0.3, -0.25) is 4.98 Å². The van der Waals surface area contributed by atoms with Crippen molar-refractivity contribution in [3.8, 4) is 0 Å². The highest BCUT2D eigenvalue weighted by molar-refractivity contribution is 7.89. The van der Waals surface area contributed by atoms with Gasteiger partial charge in [0, 0.05) is 50.7 Å². The molecule has 144 valence electrons. The molecule has 0 amide bonds. The number of benzene rings is 1. The van der Waals surface area contributed by atoms with Gasteiger partial charge in [-0.15, -0.1) is 12.4 Å². The number of nitrogens with one attached hydrogen (secondary N) is 1. The number of halogens is 1. The first-order valence-electron chi connectivity index (χ1n) is 8.54. The number of piperazine rings is 1. The summed E-state index contributed by atoms with van der Waals surface area (Å²) in [5.74, 6) is 0.728. The molecule has 1 aliphatic heterocycles. The summed E-state index contributed by atoms with van der Waals surface area (Å²) in [4.78, 5) is 9.04. The van der Waals surface area contributed by atoms with Crippen molar-refractivity contribution in [1.82, 2.24) is 24.2 Å². The van der Waals surface area contributed by atoms with E-state index in [2.05, 4.69) is 15.3 Å². The highest BCUT2D eigenvalue weighted by Gasteiger charge is 2.38. The number of sulfonamides is 1. The maximum absolute atomic E-state index is 13.7. The summed E-state index contributed by atoms with van der Waals surface area (Å²) < 4.78 is 30.7. The largest absolute Gasteiger partial charge is 0.337 e. The monoisotopic (exact) mass is 407 g/mol. The van der Waals surface area contributed by atoms with E-state index >= 15 is 0 Å². The van der Waals surface area contributed by atoms with Crippen LogP contribution in [-0.4, -0.2) is 46.9 Å². The molecule has 0 aliphatic carbocycles. The Morgan fingerprint density at radius 3 is 2.74 bits per heavy atom. The second-order valence-electron chi connectivity index (χ2n) is 6.52. The molecule has 0 bridgehead atoms. The molecule has 27 heavy (non-hydrogen) atoms. The minimum Gasteiger partial charge on any atom is -0.337 e. The first-order valence-corrected chi connectivity index (χ1v) is 9.98. The summed E-state index contributed by atoms with van der Waals surface area (Å²) in [5.41, 5.74) is 1.22. The molecule has 1 saturated heterocycles. The maximum Gasteiger partial charge on any atom is 0.246 e. The topological polar surface area (TPSA) is 80.1 Å². The van der Waals surface area contributed by atoms with Crippen molar-refractivity contribution in [3.63, 3.8) is 0 Å². The molecule has 3 heterocycles. The number of hydrogen-bond donors (Lipinski definition) is 1. The lowest BCUT2D eigenvalue weighted by molar-refractivity contribution is 0.258. The van der Waals surface area contributed by atoms with Crippen LogP contribution in [0.3, 0.4) is 0 Å². The minimum atomic E-state index is -3.73. The fraction of sp³-hybridized carbons (Fsp3) is 0.333. The van der Waals surface area contributed by atoms with Crippen LogP contribution in [0.1, 0.15) is 17.4 Å². The quantitative estimate of drug-likeness (QED) is 0.718. The van der Waals surface area contributed by atoms with Crippen LogP contribution in [0.4, 0.5) is 0 Å². The van der Waals surface area contributed by atoms with E-state index in [0.29, 0.717) is 30.7 Å². The number of fused-ring (bicyclic) bond motifs is 1. The van der Waals surface area contributed by atoms with Crippen LogP contribution in [0.5, 0.6) is 0 Å². The number of aromatic nitrogens is 3. The summed E-state index contributed by atoms with van der Waals surface area (Å²) in [6.45, 7) is 3.35. The Balaban J connectivity index is 0.00000210. The number of pyridine rings is 1. The minimum absolute atomic E-state index is 0. The second-order valence-corrected chi connectivity index (χ2v) is 8.35. The van der Waals surface area contributed by atoms with Gasteiger partial charge in [0.05, 0.1) is 11.6 Å². The van der Waals surface area contributed by atoms with Gasteiger partial charge >= 0.3 is 0 Å². The Morgan fingerprint density at radius 1 is 1.19 bits per heavy atom. The van der Waals surface area contributed by atoms with Crippen molar-refractivity contribution >= 4 is 33.3 Å². The lowest BCUT2D eigenvalue weighted by atomic mass is 10.1. The Labute approximate surface area is 164 Å². The predicted octanol–water partition coefficient (Wildman–Crippen LogP) is 2.03. The standard InChI is InChI=1S/C18H21N5O2S.ClH/c1-13-5-6-14-4-3-7-20-16(14)17(13)26(24,25)23-11-8-19-12-15(23)18-21-9-10-22(18)2;/h3-7,9-10,15,19H,8,11-12H2,1-2H3;1H. The zero-order chi connectivity index (χ0) is 18.3. The van der Waals surface area contributed by atoms with E-state index in [1.807, 2.05) is 49.0 Å². The van der Waals surface area contributed by atoms with Gasteiger partial charge in [0.2, 0.25) is 10.0 Å². The number of imidazole rings is 1. The second kappa shape index (κ2) is 7.55. The van der Waals surface area contributed by atoms with Gasteiger partial charge in [0.15, 0.2) is 0 Å². The van der Waals surface area contributed by atoms with Crippen LogP contribution < -0.4 is 5.32 Å². The van der Waals surface area contributed by atoms with Crippen molar-refractivity contribution in [3.05, 3.63) is 54.2 Å². The SMILES string of the molecule is Cc1ccc2cccnc2c1S(=O)(=O)N1CCNCC1c1nccn1C.Cl. The molecular formula is C18H22ClN5O2S. The average Bonchev–Trinajstić information content (AvgIpc) is 3.07. The Bertz CT molecular complexity index is 1070. The third-order valence-electron chi connectivity index (χ3n) is 4.84. The van der Waals surface area contributed by atoms with Crippen LogP contribution >= 0.6 is 12.4 Å². The fourth-order valence-electron chi connectivity index (χ4n) is 3.55.